The van der Waals surface area contributed by atoms with E-state index < -0.39 is 10.0 Å². The Labute approximate surface area is 136 Å². The van der Waals surface area contributed by atoms with E-state index in [1.807, 2.05) is 13.0 Å². The molecule has 23 heavy (non-hydrogen) atoms. The number of ether oxygens (including phenoxy) is 1. The summed E-state index contributed by atoms with van der Waals surface area (Å²) in [6, 6.07) is 6.96. The van der Waals surface area contributed by atoms with Crippen LogP contribution >= 0.6 is 0 Å². The fraction of sp³-hybridized carbons (Fsp3) is 0.562. The fourth-order valence-corrected chi connectivity index (χ4v) is 5.00. The fourth-order valence-electron chi connectivity index (χ4n) is 3.39. The summed E-state index contributed by atoms with van der Waals surface area (Å²) < 4.78 is 32.8. The zero-order valence-corrected chi connectivity index (χ0v) is 14.2. The first-order chi connectivity index (χ1) is 10.9. The number of sulfonamides is 1. The van der Waals surface area contributed by atoms with E-state index in [1.54, 1.807) is 25.2 Å². The quantitative estimate of drug-likeness (QED) is 0.885. The summed E-state index contributed by atoms with van der Waals surface area (Å²) in [4.78, 5) is 11.8. The number of amides is 1. The van der Waals surface area contributed by atoms with E-state index in [0.717, 1.165) is 12.0 Å². The first kappa shape index (κ1) is 16.4. The van der Waals surface area contributed by atoms with Crippen LogP contribution in [0.4, 0.5) is 0 Å². The Balaban J connectivity index is 1.67. The molecule has 0 spiro atoms. The Kier molecular flexibility index (Phi) is 4.44. The lowest BCUT2D eigenvalue weighted by molar-refractivity contribution is -0.123. The molecular weight excluding hydrogens is 316 g/mol. The van der Waals surface area contributed by atoms with Crippen molar-refractivity contribution in [2.75, 3.05) is 20.1 Å². The lowest BCUT2D eigenvalue weighted by Gasteiger charge is -2.19. The number of hydrogen-bond acceptors (Lipinski definition) is 4. The molecule has 2 fully saturated rings. The number of nitrogens with zero attached hydrogens (tertiary/aromatic N) is 1. The molecule has 3 rings (SSSR count). The molecule has 0 radical (unpaired) electrons. The third-order valence-electron chi connectivity index (χ3n) is 4.60. The van der Waals surface area contributed by atoms with Gasteiger partial charge in [0.05, 0.1) is 23.5 Å². The van der Waals surface area contributed by atoms with Crippen LogP contribution in [0.5, 0.6) is 0 Å². The number of rotatable bonds is 4. The maximum Gasteiger partial charge on any atom is 0.243 e. The highest BCUT2D eigenvalue weighted by molar-refractivity contribution is 7.89. The van der Waals surface area contributed by atoms with Gasteiger partial charge in [0.15, 0.2) is 0 Å². The van der Waals surface area contributed by atoms with Gasteiger partial charge in [0.25, 0.3) is 0 Å². The molecule has 2 saturated heterocycles. The van der Waals surface area contributed by atoms with Crippen molar-refractivity contribution in [3.8, 4) is 0 Å². The number of carbonyl (C=O) groups is 1. The summed E-state index contributed by atoms with van der Waals surface area (Å²) in [6.45, 7) is 2.71. The maximum absolute atomic E-state index is 12.7. The second-order valence-corrected chi connectivity index (χ2v) is 8.25. The standard InChI is InChI=1S/C16H22N2O4S/c1-11-4-3-5-14(6-11)23(20,21)18-9-12-7-13(8-16(19)17-2)22-15(12)10-18/h3-6,12-13,15H,7-10H2,1-2H3,(H,17,19)/t12-,13-,15+/m0/s1. The van der Waals surface area contributed by atoms with Gasteiger partial charge in [-0.2, -0.15) is 4.31 Å². The predicted octanol–water partition coefficient (Wildman–Crippen LogP) is 0.909. The average Bonchev–Trinajstić information content (AvgIpc) is 3.05. The highest BCUT2D eigenvalue weighted by Gasteiger charge is 2.46. The van der Waals surface area contributed by atoms with Crippen LogP contribution in [0.1, 0.15) is 18.4 Å². The van der Waals surface area contributed by atoms with Crippen molar-refractivity contribution in [3.63, 3.8) is 0 Å². The lowest BCUT2D eigenvalue weighted by Crippen LogP contribution is -2.32. The molecule has 1 N–H and O–H groups in total. The molecule has 0 aromatic heterocycles. The third-order valence-corrected chi connectivity index (χ3v) is 6.43. The highest BCUT2D eigenvalue weighted by Crippen LogP contribution is 2.36. The summed E-state index contributed by atoms with van der Waals surface area (Å²) in [7, 11) is -1.87. The van der Waals surface area contributed by atoms with Crippen LogP contribution in [0, 0.1) is 12.8 Å². The molecule has 0 bridgehead atoms. The molecule has 126 valence electrons. The maximum atomic E-state index is 12.7. The molecule has 0 unspecified atom stereocenters. The first-order valence-corrected chi connectivity index (χ1v) is 9.27. The largest absolute Gasteiger partial charge is 0.373 e. The van der Waals surface area contributed by atoms with Crippen LogP contribution in [0.3, 0.4) is 0 Å². The average molecular weight is 338 g/mol. The Morgan fingerprint density at radius 1 is 1.39 bits per heavy atom. The molecule has 1 aromatic rings. The van der Waals surface area contributed by atoms with Gasteiger partial charge in [-0.15, -0.1) is 0 Å². The second-order valence-electron chi connectivity index (χ2n) is 6.31. The van der Waals surface area contributed by atoms with Gasteiger partial charge in [-0.1, -0.05) is 12.1 Å². The van der Waals surface area contributed by atoms with Crippen molar-refractivity contribution < 1.29 is 17.9 Å². The summed E-state index contributed by atoms with van der Waals surface area (Å²) in [5.41, 5.74) is 0.923. The van der Waals surface area contributed by atoms with E-state index in [-0.39, 0.29) is 24.0 Å². The van der Waals surface area contributed by atoms with E-state index in [4.69, 9.17) is 4.74 Å². The summed E-state index contributed by atoms with van der Waals surface area (Å²) in [6.07, 6.45) is 0.865. The second kappa shape index (κ2) is 6.22. The molecule has 2 heterocycles. The summed E-state index contributed by atoms with van der Waals surface area (Å²) in [5.74, 6) is 0.128. The molecule has 0 saturated carbocycles. The molecular formula is C16H22N2O4S. The van der Waals surface area contributed by atoms with E-state index in [9.17, 15) is 13.2 Å². The van der Waals surface area contributed by atoms with Crippen LogP contribution in [-0.4, -0.2) is 51.0 Å². The number of hydrogen-bond donors (Lipinski definition) is 1. The monoisotopic (exact) mass is 338 g/mol. The van der Waals surface area contributed by atoms with Crippen LogP contribution in [-0.2, 0) is 19.6 Å². The number of nitrogens with one attached hydrogen (secondary N) is 1. The van der Waals surface area contributed by atoms with Crippen LogP contribution in [0.15, 0.2) is 29.2 Å². The number of aryl methyl sites for hydroxylation is 1. The minimum Gasteiger partial charge on any atom is -0.373 e. The van der Waals surface area contributed by atoms with Gasteiger partial charge in [0, 0.05) is 26.1 Å². The molecule has 6 nitrogen and oxygen atoms in total. The zero-order valence-electron chi connectivity index (χ0n) is 13.4. The van der Waals surface area contributed by atoms with E-state index in [2.05, 4.69) is 5.32 Å². The Bertz CT molecular complexity index is 690. The minimum absolute atomic E-state index is 0.0424. The third kappa shape index (κ3) is 3.27. The van der Waals surface area contributed by atoms with Gasteiger partial charge >= 0.3 is 0 Å². The van der Waals surface area contributed by atoms with Crippen molar-refractivity contribution in [3.05, 3.63) is 29.8 Å². The van der Waals surface area contributed by atoms with Crippen molar-refractivity contribution in [2.45, 2.75) is 36.9 Å². The molecule has 1 amide bonds. The highest BCUT2D eigenvalue weighted by atomic mass is 32.2. The van der Waals surface area contributed by atoms with Gasteiger partial charge in [-0.3, -0.25) is 4.79 Å². The number of benzene rings is 1. The van der Waals surface area contributed by atoms with E-state index in [0.29, 0.717) is 24.4 Å². The van der Waals surface area contributed by atoms with Gasteiger partial charge < -0.3 is 10.1 Å². The van der Waals surface area contributed by atoms with Crippen molar-refractivity contribution >= 4 is 15.9 Å². The smallest absolute Gasteiger partial charge is 0.243 e. The van der Waals surface area contributed by atoms with Crippen LogP contribution in [0.25, 0.3) is 0 Å². The van der Waals surface area contributed by atoms with Crippen LogP contribution < -0.4 is 5.32 Å². The lowest BCUT2D eigenvalue weighted by atomic mass is 10.0. The van der Waals surface area contributed by atoms with E-state index >= 15 is 0 Å². The van der Waals surface area contributed by atoms with Gasteiger partial charge in [0.2, 0.25) is 15.9 Å². The molecule has 2 aliphatic heterocycles. The molecule has 2 aliphatic rings. The van der Waals surface area contributed by atoms with Crippen molar-refractivity contribution in [1.82, 2.24) is 9.62 Å². The number of fused-ring (bicyclic) bond motifs is 1. The van der Waals surface area contributed by atoms with Gasteiger partial charge in [-0.05, 0) is 31.0 Å². The minimum atomic E-state index is -3.47. The van der Waals surface area contributed by atoms with Crippen molar-refractivity contribution in [2.24, 2.45) is 5.92 Å². The van der Waals surface area contributed by atoms with Gasteiger partial charge in [0.1, 0.15) is 0 Å². The number of carbonyl (C=O) groups excluding carboxylic acids is 1. The molecule has 7 heteroatoms. The van der Waals surface area contributed by atoms with E-state index in [1.165, 1.54) is 4.31 Å². The Morgan fingerprint density at radius 3 is 2.83 bits per heavy atom. The predicted molar refractivity (Wildman–Crippen MR) is 85.4 cm³/mol. The zero-order chi connectivity index (χ0) is 16.6. The molecule has 0 aliphatic carbocycles. The normalized spacial score (nSPS) is 27.8. The molecule has 3 atom stereocenters. The Morgan fingerprint density at radius 2 is 2.17 bits per heavy atom. The Hall–Kier alpha value is -1.44. The van der Waals surface area contributed by atoms with Crippen LogP contribution in [0.2, 0.25) is 0 Å². The topological polar surface area (TPSA) is 75.7 Å². The van der Waals surface area contributed by atoms with Gasteiger partial charge in [-0.25, -0.2) is 8.42 Å². The summed E-state index contributed by atoms with van der Waals surface area (Å²) in [5, 5.41) is 2.59. The SMILES string of the molecule is CNC(=O)C[C@@H]1C[C@H]2CN(S(=O)(=O)c3cccc(C)c3)C[C@H]2O1. The molecule has 1 aromatic carbocycles. The summed E-state index contributed by atoms with van der Waals surface area (Å²) >= 11 is 0. The van der Waals surface area contributed by atoms with Crippen molar-refractivity contribution in [1.29, 1.82) is 0 Å². The first-order valence-electron chi connectivity index (χ1n) is 7.83.